The van der Waals surface area contributed by atoms with Crippen LogP contribution in [0.2, 0.25) is 0 Å². The number of halogens is 1. The van der Waals surface area contributed by atoms with E-state index < -0.39 is 0 Å². The van der Waals surface area contributed by atoms with Gasteiger partial charge in [0.25, 0.3) is 0 Å². The van der Waals surface area contributed by atoms with Gasteiger partial charge < -0.3 is 0 Å². The fourth-order valence-electron chi connectivity index (χ4n) is 1.20. The molecule has 0 aliphatic heterocycles. The van der Waals surface area contributed by atoms with E-state index in [1.807, 2.05) is 18.3 Å². The molecule has 2 heteroatoms. The van der Waals surface area contributed by atoms with Crippen LogP contribution in [-0.4, -0.2) is 9.81 Å². The highest BCUT2D eigenvalue weighted by molar-refractivity contribution is 9.09. The van der Waals surface area contributed by atoms with Gasteiger partial charge >= 0.3 is 0 Å². The number of pyridine rings is 1. The Morgan fingerprint density at radius 1 is 1.43 bits per heavy atom. The topological polar surface area (TPSA) is 12.9 Å². The standard InChI is InChI=1S/C12H18BrN/c1-4-12(2,3)11(13)9-10-7-5-6-8-14-10/h5-8,11H,4,9H2,1-3H3. The van der Waals surface area contributed by atoms with Gasteiger partial charge in [0.15, 0.2) is 0 Å². The van der Waals surface area contributed by atoms with Gasteiger partial charge in [-0.05, 0) is 24.0 Å². The van der Waals surface area contributed by atoms with E-state index in [0.717, 1.165) is 12.1 Å². The molecule has 1 atom stereocenters. The average Bonchev–Trinajstić information content (AvgIpc) is 2.19. The van der Waals surface area contributed by atoms with E-state index in [4.69, 9.17) is 0 Å². The van der Waals surface area contributed by atoms with E-state index in [1.165, 1.54) is 6.42 Å². The van der Waals surface area contributed by atoms with Crippen molar-refractivity contribution in [1.29, 1.82) is 0 Å². The molecule has 0 spiro atoms. The Morgan fingerprint density at radius 3 is 2.64 bits per heavy atom. The van der Waals surface area contributed by atoms with Gasteiger partial charge in [-0.15, -0.1) is 0 Å². The number of alkyl halides is 1. The van der Waals surface area contributed by atoms with Crippen LogP contribution in [0.25, 0.3) is 0 Å². The van der Waals surface area contributed by atoms with Crippen molar-refractivity contribution in [3.63, 3.8) is 0 Å². The molecule has 1 nitrogen and oxygen atoms in total. The van der Waals surface area contributed by atoms with E-state index in [2.05, 4.69) is 47.8 Å². The third-order valence-electron chi connectivity index (χ3n) is 2.87. The lowest BCUT2D eigenvalue weighted by atomic mass is 9.84. The molecule has 0 saturated heterocycles. The Hall–Kier alpha value is -0.370. The van der Waals surface area contributed by atoms with Crippen LogP contribution in [0.5, 0.6) is 0 Å². The van der Waals surface area contributed by atoms with Crippen molar-refractivity contribution in [3.05, 3.63) is 30.1 Å². The normalized spacial score (nSPS) is 14.0. The Bertz CT molecular complexity index is 269. The molecule has 1 aromatic heterocycles. The Morgan fingerprint density at radius 2 is 2.14 bits per heavy atom. The molecule has 78 valence electrons. The maximum atomic E-state index is 4.34. The molecule has 0 fully saturated rings. The quantitative estimate of drug-likeness (QED) is 0.746. The van der Waals surface area contributed by atoms with Gasteiger partial charge in [0.05, 0.1) is 0 Å². The SMILES string of the molecule is CCC(C)(C)C(Br)Cc1ccccn1. The fraction of sp³-hybridized carbons (Fsp3) is 0.583. The molecule has 14 heavy (non-hydrogen) atoms. The molecule has 0 N–H and O–H groups in total. The molecule has 0 radical (unpaired) electrons. The molecule has 0 bridgehead atoms. The maximum absolute atomic E-state index is 4.34. The van der Waals surface area contributed by atoms with Gasteiger partial charge in [0, 0.05) is 23.1 Å². The molecular formula is C12H18BrN. The van der Waals surface area contributed by atoms with Crippen molar-refractivity contribution in [1.82, 2.24) is 4.98 Å². The number of nitrogens with zero attached hydrogens (tertiary/aromatic N) is 1. The molecule has 0 aliphatic carbocycles. The van der Waals surface area contributed by atoms with Crippen LogP contribution in [0.3, 0.4) is 0 Å². The van der Waals surface area contributed by atoms with Gasteiger partial charge in [0.2, 0.25) is 0 Å². The second-order valence-corrected chi connectivity index (χ2v) is 5.44. The summed E-state index contributed by atoms with van der Waals surface area (Å²) in [5, 5.41) is 0. The smallest absolute Gasteiger partial charge is 0.0414 e. The first-order valence-electron chi connectivity index (χ1n) is 5.10. The van der Waals surface area contributed by atoms with Gasteiger partial charge in [-0.3, -0.25) is 4.98 Å². The van der Waals surface area contributed by atoms with Gasteiger partial charge in [0.1, 0.15) is 0 Å². The van der Waals surface area contributed by atoms with Crippen LogP contribution in [-0.2, 0) is 6.42 Å². The first kappa shape index (κ1) is 11.7. The van der Waals surface area contributed by atoms with E-state index in [-0.39, 0.29) is 0 Å². The highest BCUT2D eigenvalue weighted by Gasteiger charge is 2.25. The zero-order valence-electron chi connectivity index (χ0n) is 9.13. The molecule has 1 rings (SSSR count). The summed E-state index contributed by atoms with van der Waals surface area (Å²) in [6.45, 7) is 6.80. The largest absolute Gasteiger partial charge is 0.261 e. The lowest BCUT2D eigenvalue weighted by Gasteiger charge is -2.28. The Labute approximate surface area is 95.1 Å². The summed E-state index contributed by atoms with van der Waals surface area (Å²) >= 11 is 3.76. The predicted molar refractivity (Wildman–Crippen MR) is 64.7 cm³/mol. The summed E-state index contributed by atoms with van der Waals surface area (Å²) in [6, 6.07) is 6.08. The number of hydrogen-bond acceptors (Lipinski definition) is 1. The van der Waals surface area contributed by atoms with Crippen molar-refractivity contribution < 1.29 is 0 Å². The second kappa shape index (κ2) is 4.92. The number of hydrogen-bond donors (Lipinski definition) is 0. The lowest BCUT2D eigenvalue weighted by Crippen LogP contribution is -2.25. The molecule has 1 aromatic rings. The maximum Gasteiger partial charge on any atom is 0.0414 e. The van der Waals surface area contributed by atoms with Crippen molar-refractivity contribution in [3.8, 4) is 0 Å². The van der Waals surface area contributed by atoms with Crippen molar-refractivity contribution in [2.75, 3.05) is 0 Å². The first-order valence-corrected chi connectivity index (χ1v) is 6.02. The monoisotopic (exact) mass is 255 g/mol. The van der Waals surface area contributed by atoms with Crippen LogP contribution >= 0.6 is 15.9 Å². The molecule has 1 heterocycles. The molecular weight excluding hydrogens is 238 g/mol. The molecule has 0 aliphatic rings. The van der Waals surface area contributed by atoms with Crippen LogP contribution in [0.1, 0.15) is 32.9 Å². The third-order valence-corrected chi connectivity index (χ3v) is 4.44. The lowest BCUT2D eigenvalue weighted by molar-refractivity contribution is 0.338. The summed E-state index contributed by atoms with van der Waals surface area (Å²) in [6.07, 6.45) is 4.03. The Kier molecular flexibility index (Phi) is 4.11. The first-order chi connectivity index (χ1) is 6.56. The average molecular weight is 256 g/mol. The second-order valence-electron chi connectivity index (χ2n) is 4.33. The van der Waals surface area contributed by atoms with Gasteiger partial charge in [-0.2, -0.15) is 0 Å². The van der Waals surface area contributed by atoms with E-state index in [1.54, 1.807) is 0 Å². The number of aromatic nitrogens is 1. The molecule has 0 saturated carbocycles. The van der Waals surface area contributed by atoms with Crippen molar-refractivity contribution >= 4 is 15.9 Å². The predicted octanol–water partition coefficient (Wildman–Crippen LogP) is 3.82. The highest BCUT2D eigenvalue weighted by Crippen LogP contribution is 2.32. The summed E-state index contributed by atoms with van der Waals surface area (Å²) in [5.74, 6) is 0. The van der Waals surface area contributed by atoms with E-state index >= 15 is 0 Å². The summed E-state index contributed by atoms with van der Waals surface area (Å²) < 4.78 is 0. The summed E-state index contributed by atoms with van der Waals surface area (Å²) in [4.78, 5) is 4.83. The van der Waals surface area contributed by atoms with E-state index in [0.29, 0.717) is 10.2 Å². The van der Waals surface area contributed by atoms with Crippen LogP contribution < -0.4 is 0 Å². The minimum absolute atomic E-state index is 0.331. The number of rotatable bonds is 4. The fourth-order valence-corrected chi connectivity index (χ4v) is 1.86. The van der Waals surface area contributed by atoms with Gasteiger partial charge in [-0.25, -0.2) is 0 Å². The van der Waals surface area contributed by atoms with Crippen LogP contribution in [0.4, 0.5) is 0 Å². The molecule has 1 unspecified atom stereocenters. The zero-order valence-corrected chi connectivity index (χ0v) is 10.7. The zero-order chi connectivity index (χ0) is 10.6. The van der Waals surface area contributed by atoms with E-state index in [9.17, 15) is 0 Å². The van der Waals surface area contributed by atoms with Crippen molar-refractivity contribution in [2.45, 2.75) is 38.4 Å². The minimum Gasteiger partial charge on any atom is -0.261 e. The van der Waals surface area contributed by atoms with Crippen LogP contribution in [0, 0.1) is 5.41 Å². The third kappa shape index (κ3) is 3.09. The summed E-state index contributed by atoms with van der Waals surface area (Å²) in [5.41, 5.74) is 1.49. The van der Waals surface area contributed by atoms with Crippen LogP contribution in [0.15, 0.2) is 24.4 Å². The Balaban J connectivity index is 2.62. The van der Waals surface area contributed by atoms with Gasteiger partial charge in [-0.1, -0.05) is 42.8 Å². The molecule has 0 amide bonds. The van der Waals surface area contributed by atoms with Crippen molar-refractivity contribution in [2.24, 2.45) is 5.41 Å². The highest BCUT2D eigenvalue weighted by atomic mass is 79.9. The summed E-state index contributed by atoms with van der Waals surface area (Å²) in [7, 11) is 0. The molecule has 0 aromatic carbocycles. The minimum atomic E-state index is 0.331.